The summed E-state index contributed by atoms with van der Waals surface area (Å²) in [4.78, 5) is 11.5. The molecular weight excluding hydrogens is 251 g/mol. The smallest absolute Gasteiger partial charge is 0.313 e. The largest absolute Gasteiger partial charge is 0.417 e. The molecule has 0 aliphatic rings. The molecule has 1 aromatic heterocycles. The molecule has 0 saturated carbocycles. The van der Waals surface area contributed by atoms with Crippen molar-refractivity contribution in [2.45, 2.75) is 6.92 Å². The number of carbonyl (C=O) groups is 1. The second kappa shape index (κ2) is 4.47. The number of hydrogen-bond acceptors (Lipinski definition) is 4. The molecule has 1 amide bonds. The predicted molar refractivity (Wildman–Crippen MR) is 53.3 cm³/mol. The van der Waals surface area contributed by atoms with Crippen LogP contribution in [0, 0.1) is 24.4 Å². The molecule has 5 nitrogen and oxygen atoms in total. The monoisotopic (exact) mass is 257 g/mol. The van der Waals surface area contributed by atoms with Gasteiger partial charge < -0.3 is 9.73 Å². The second-order valence-electron chi connectivity index (χ2n) is 3.30. The first-order valence-corrected chi connectivity index (χ1v) is 4.74. The summed E-state index contributed by atoms with van der Waals surface area (Å²) in [5.41, 5.74) is -0.519. The minimum Gasteiger partial charge on any atom is -0.417 e. The summed E-state index contributed by atoms with van der Waals surface area (Å²) in [7, 11) is 0. The van der Waals surface area contributed by atoms with Crippen LogP contribution in [0.15, 0.2) is 16.5 Å². The van der Waals surface area contributed by atoms with E-state index in [0.717, 1.165) is 6.07 Å². The highest BCUT2D eigenvalue weighted by atomic mass is 19.2. The van der Waals surface area contributed by atoms with Crippen molar-refractivity contribution >= 4 is 11.6 Å². The fourth-order valence-corrected chi connectivity index (χ4v) is 1.19. The maximum Gasteiger partial charge on any atom is 0.313 e. The third-order valence-electron chi connectivity index (χ3n) is 2.00. The van der Waals surface area contributed by atoms with Gasteiger partial charge in [0.25, 0.3) is 0 Å². The molecule has 2 rings (SSSR count). The van der Waals surface area contributed by atoms with Gasteiger partial charge in [-0.3, -0.25) is 4.79 Å². The quantitative estimate of drug-likeness (QED) is 0.836. The van der Waals surface area contributed by atoms with Gasteiger partial charge in [0.1, 0.15) is 0 Å². The van der Waals surface area contributed by atoms with Crippen molar-refractivity contribution in [3.05, 3.63) is 41.4 Å². The van der Waals surface area contributed by atoms with Crippen molar-refractivity contribution < 1.29 is 22.4 Å². The molecule has 1 N–H and O–H groups in total. The van der Waals surface area contributed by atoms with Gasteiger partial charge in [0, 0.05) is 6.92 Å². The van der Waals surface area contributed by atoms with Gasteiger partial charge in [-0.25, -0.2) is 13.2 Å². The molecule has 8 heteroatoms. The number of carbonyl (C=O) groups excluding carboxylic acids is 1. The second-order valence-corrected chi connectivity index (χ2v) is 3.30. The normalized spacial score (nSPS) is 10.4. The lowest BCUT2D eigenvalue weighted by atomic mass is 10.3. The molecule has 0 spiro atoms. The lowest BCUT2D eigenvalue weighted by molar-refractivity contribution is 0.0988. The van der Waals surface area contributed by atoms with E-state index in [1.165, 1.54) is 6.92 Å². The zero-order valence-electron chi connectivity index (χ0n) is 9.00. The Kier molecular flexibility index (Phi) is 3.00. The number of aromatic nitrogens is 2. The molecule has 2 aromatic rings. The number of nitrogens with one attached hydrogen (secondary N) is 1. The number of anilines is 1. The summed E-state index contributed by atoms with van der Waals surface area (Å²) in [5.74, 6) is -5.70. The molecule has 0 aliphatic heterocycles. The van der Waals surface area contributed by atoms with E-state index < -0.39 is 34.9 Å². The summed E-state index contributed by atoms with van der Waals surface area (Å²) >= 11 is 0. The maximum atomic E-state index is 13.2. The zero-order valence-corrected chi connectivity index (χ0v) is 9.00. The fraction of sp³-hybridized carbons (Fsp3) is 0.100. The van der Waals surface area contributed by atoms with E-state index in [2.05, 4.69) is 10.2 Å². The first-order valence-electron chi connectivity index (χ1n) is 4.74. The van der Waals surface area contributed by atoms with Gasteiger partial charge in [0.05, 0.1) is 5.69 Å². The topological polar surface area (TPSA) is 68.0 Å². The van der Waals surface area contributed by atoms with Crippen molar-refractivity contribution in [3.63, 3.8) is 0 Å². The number of nitrogens with zero attached hydrogens (tertiary/aromatic N) is 2. The number of aryl methyl sites for hydroxylation is 1. The molecule has 0 bridgehead atoms. The third-order valence-corrected chi connectivity index (χ3v) is 2.00. The van der Waals surface area contributed by atoms with Gasteiger partial charge in [-0.15, -0.1) is 10.2 Å². The number of hydrogen-bond donors (Lipinski definition) is 1. The van der Waals surface area contributed by atoms with Crippen molar-refractivity contribution in [1.82, 2.24) is 10.2 Å². The number of rotatable bonds is 2. The summed E-state index contributed by atoms with van der Waals surface area (Å²) in [5, 5.41) is 8.78. The van der Waals surface area contributed by atoms with Gasteiger partial charge in [-0.2, -0.15) is 0 Å². The Morgan fingerprint density at radius 2 is 1.94 bits per heavy atom. The van der Waals surface area contributed by atoms with Crippen LogP contribution in [0.4, 0.5) is 18.9 Å². The molecule has 0 fully saturated rings. The molecular formula is C10H6F3N3O2. The molecule has 0 aliphatic carbocycles. The van der Waals surface area contributed by atoms with Crippen LogP contribution >= 0.6 is 0 Å². The third kappa shape index (κ3) is 2.17. The van der Waals surface area contributed by atoms with Crippen molar-refractivity contribution in [2.24, 2.45) is 0 Å². The Hall–Kier alpha value is -2.38. The maximum absolute atomic E-state index is 13.2. The average molecular weight is 257 g/mol. The van der Waals surface area contributed by atoms with Gasteiger partial charge in [0.2, 0.25) is 5.89 Å². The van der Waals surface area contributed by atoms with E-state index >= 15 is 0 Å². The Bertz CT molecular complexity index is 612. The van der Waals surface area contributed by atoms with Gasteiger partial charge in [-0.05, 0) is 12.1 Å². The van der Waals surface area contributed by atoms with Crippen molar-refractivity contribution in [3.8, 4) is 0 Å². The highest BCUT2D eigenvalue weighted by molar-refractivity contribution is 6.00. The van der Waals surface area contributed by atoms with Crippen LogP contribution < -0.4 is 5.32 Å². The van der Waals surface area contributed by atoms with Gasteiger partial charge in [-0.1, -0.05) is 0 Å². The first kappa shape index (κ1) is 12.1. The van der Waals surface area contributed by atoms with E-state index in [1.807, 2.05) is 5.32 Å². The lowest BCUT2D eigenvalue weighted by Gasteiger charge is -2.04. The summed E-state index contributed by atoms with van der Waals surface area (Å²) < 4.78 is 43.6. The van der Waals surface area contributed by atoms with Crippen molar-refractivity contribution in [2.75, 3.05) is 5.32 Å². The van der Waals surface area contributed by atoms with Crippen LogP contribution in [0.2, 0.25) is 0 Å². The molecule has 0 unspecified atom stereocenters. The van der Waals surface area contributed by atoms with Crippen LogP contribution in [0.25, 0.3) is 0 Å². The van der Waals surface area contributed by atoms with Crippen LogP contribution in [-0.4, -0.2) is 16.1 Å². The minimum atomic E-state index is -1.67. The van der Waals surface area contributed by atoms with E-state index in [-0.39, 0.29) is 5.89 Å². The predicted octanol–water partition coefficient (Wildman–Crippen LogP) is 2.05. The molecule has 0 atom stereocenters. The number of halogens is 3. The summed E-state index contributed by atoms with van der Waals surface area (Å²) in [6.45, 7) is 1.46. The highest BCUT2D eigenvalue weighted by Gasteiger charge is 2.18. The van der Waals surface area contributed by atoms with Crippen molar-refractivity contribution in [1.29, 1.82) is 0 Å². The van der Waals surface area contributed by atoms with E-state index in [9.17, 15) is 18.0 Å². The molecule has 1 heterocycles. The molecule has 1 aromatic carbocycles. The Morgan fingerprint density at radius 1 is 1.22 bits per heavy atom. The zero-order chi connectivity index (χ0) is 13.3. The number of amides is 1. The first-order chi connectivity index (χ1) is 8.49. The Morgan fingerprint density at radius 3 is 2.56 bits per heavy atom. The van der Waals surface area contributed by atoms with E-state index in [0.29, 0.717) is 6.07 Å². The van der Waals surface area contributed by atoms with E-state index in [4.69, 9.17) is 4.42 Å². The van der Waals surface area contributed by atoms with Gasteiger partial charge in [0.15, 0.2) is 17.5 Å². The summed E-state index contributed by atoms with van der Waals surface area (Å²) in [6.07, 6.45) is 0. The molecule has 18 heavy (non-hydrogen) atoms. The SMILES string of the molecule is Cc1nnc(C(=O)Nc2ccc(F)c(F)c2F)o1. The fourth-order valence-electron chi connectivity index (χ4n) is 1.19. The highest BCUT2D eigenvalue weighted by Crippen LogP contribution is 2.20. The van der Waals surface area contributed by atoms with Crippen LogP contribution in [0.3, 0.4) is 0 Å². The molecule has 94 valence electrons. The minimum absolute atomic E-state index is 0.144. The Labute approximate surface area is 98.6 Å². The van der Waals surface area contributed by atoms with Crippen LogP contribution in [0.1, 0.15) is 16.6 Å². The van der Waals surface area contributed by atoms with Crippen LogP contribution in [0.5, 0.6) is 0 Å². The van der Waals surface area contributed by atoms with Crippen LogP contribution in [-0.2, 0) is 0 Å². The average Bonchev–Trinajstić information content (AvgIpc) is 2.77. The standard InChI is InChI=1S/C10H6F3N3O2/c1-4-15-16-10(18-4)9(17)14-6-3-2-5(11)7(12)8(6)13/h2-3H,1H3,(H,14,17). The molecule has 0 radical (unpaired) electrons. The molecule has 0 saturated heterocycles. The Balaban J connectivity index is 2.25. The van der Waals surface area contributed by atoms with E-state index in [1.54, 1.807) is 0 Å². The summed E-state index contributed by atoms with van der Waals surface area (Å²) in [6, 6.07) is 1.57. The lowest BCUT2D eigenvalue weighted by Crippen LogP contribution is -2.14. The van der Waals surface area contributed by atoms with Gasteiger partial charge >= 0.3 is 11.8 Å². The number of benzene rings is 1.